The van der Waals surface area contributed by atoms with Gasteiger partial charge in [-0.1, -0.05) is 45.0 Å². The molecule has 0 aromatic heterocycles. The van der Waals surface area contributed by atoms with E-state index in [0.29, 0.717) is 5.56 Å². The van der Waals surface area contributed by atoms with Gasteiger partial charge < -0.3 is 10.2 Å². The normalized spacial score (nSPS) is 11.3. The lowest BCUT2D eigenvalue weighted by atomic mass is 9.79. The second-order valence-electron chi connectivity index (χ2n) is 5.83. The molecule has 2 rings (SSSR count). The van der Waals surface area contributed by atoms with Crippen molar-refractivity contribution in [3.63, 3.8) is 0 Å². The second-order valence-corrected chi connectivity index (χ2v) is 5.83. The monoisotopic (exact) mass is 270 g/mol. The van der Waals surface area contributed by atoms with Gasteiger partial charge in [-0.05, 0) is 40.3 Å². The van der Waals surface area contributed by atoms with Crippen LogP contribution in [0.3, 0.4) is 0 Å². The van der Waals surface area contributed by atoms with Crippen LogP contribution in [0.2, 0.25) is 0 Å². The first-order valence-electron chi connectivity index (χ1n) is 6.47. The summed E-state index contributed by atoms with van der Waals surface area (Å²) in [5, 5.41) is 18.8. The molecule has 0 amide bonds. The fourth-order valence-electron chi connectivity index (χ4n) is 2.42. The molecular weight excluding hydrogens is 252 g/mol. The number of benzene rings is 2. The minimum Gasteiger partial charge on any atom is -0.508 e. The maximum Gasteiger partial charge on any atom is 0.336 e. The first-order chi connectivity index (χ1) is 9.30. The maximum atomic E-state index is 11.5. The van der Waals surface area contributed by atoms with Gasteiger partial charge in [-0.3, -0.25) is 0 Å². The first-order valence-corrected chi connectivity index (χ1v) is 6.47. The summed E-state index contributed by atoms with van der Waals surface area (Å²) in [4.78, 5) is 11.5. The van der Waals surface area contributed by atoms with Gasteiger partial charge in [0.15, 0.2) is 0 Å². The van der Waals surface area contributed by atoms with Gasteiger partial charge >= 0.3 is 5.97 Å². The fraction of sp³-hybridized carbons (Fsp3) is 0.235. The lowest BCUT2D eigenvalue weighted by Crippen LogP contribution is -2.18. The molecule has 2 N–H and O–H groups in total. The Morgan fingerprint density at radius 1 is 1.00 bits per heavy atom. The van der Waals surface area contributed by atoms with E-state index in [0.717, 1.165) is 16.7 Å². The maximum absolute atomic E-state index is 11.5. The highest BCUT2D eigenvalue weighted by atomic mass is 16.4. The Kier molecular flexibility index (Phi) is 3.53. The van der Waals surface area contributed by atoms with Crippen LogP contribution in [0.5, 0.6) is 5.75 Å². The molecule has 0 saturated heterocycles. The lowest BCUT2D eigenvalue weighted by molar-refractivity contribution is 0.0694. The smallest absolute Gasteiger partial charge is 0.336 e. The predicted molar refractivity (Wildman–Crippen MR) is 79.2 cm³/mol. The summed E-state index contributed by atoms with van der Waals surface area (Å²) in [7, 11) is 0. The SMILES string of the molecule is CC(C)(C)c1c(C(=O)O)cccc1-c1ccc(O)cc1. The number of carboxylic acid groups (broad SMARTS) is 1. The van der Waals surface area contributed by atoms with Crippen LogP contribution >= 0.6 is 0 Å². The number of phenols is 1. The molecule has 0 fully saturated rings. The minimum absolute atomic E-state index is 0.195. The van der Waals surface area contributed by atoms with E-state index in [-0.39, 0.29) is 11.2 Å². The topological polar surface area (TPSA) is 57.5 Å². The van der Waals surface area contributed by atoms with Crippen molar-refractivity contribution in [1.82, 2.24) is 0 Å². The summed E-state index contributed by atoms with van der Waals surface area (Å²) in [5.74, 6) is -0.726. The highest BCUT2D eigenvalue weighted by molar-refractivity contribution is 5.93. The van der Waals surface area contributed by atoms with Gasteiger partial charge in [0.25, 0.3) is 0 Å². The molecule has 0 saturated carbocycles. The van der Waals surface area contributed by atoms with Crippen molar-refractivity contribution < 1.29 is 15.0 Å². The quantitative estimate of drug-likeness (QED) is 0.865. The third-order valence-electron chi connectivity index (χ3n) is 3.22. The third kappa shape index (κ3) is 2.67. The Morgan fingerprint density at radius 3 is 2.10 bits per heavy atom. The molecule has 0 aliphatic heterocycles. The standard InChI is InChI=1S/C17H18O3/c1-17(2,3)15-13(5-4-6-14(15)16(19)20)11-7-9-12(18)10-8-11/h4-10,18H,1-3H3,(H,19,20). The van der Waals surface area contributed by atoms with Crippen molar-refractivity contribution in [3.05, 3.63) is 53.6 Å². The van der Waals surface area contributed by atoms with E-state index in [9.17, 15) is 15.0 Å². The van der Waals surface area contributed by atoms with E-state index in [2.05, 4.69) is 0 Å². The Hall–Kier alpha value is -2.29. The molecule has 0 bridgehead atoms. The lowest BCUT2D eigenvalue weighted by Gasteiger charge is -2.25. The largest absolute Gasteiger partial charge is 0.508 e. The Labute approximate surface area is 118 Å². The van der Waals surface area contributed by atoms with Crippen LogP contribution in [0, 0.1) is 0 Å². The number of rotatable bonds is 2. The summed E-state index contributed by atoms with van der Waals surface area (Å²) in [6.07, 6.45) is 0. The van der Waals surface area contributed by atoms with Crippen molar-refractivity contribution in [1.29, 1.82) is 0 Å². The number of hydrogen-bond donors (Lipinski definition) is 2. The molecule has 20 heavy (non-hydrogen) atoms. The van der Waals surface area contributed by atoms with E-state index in [1.165, 1.54) is 0 Å². The molecule has 0 aliphatic carbocycles. The van der Waals surface area contributed by atoms with Crippen LogP contribution in [0.1, 0.15) is 36.7 Å². The highest BCUT2D eigenvalue weighted by Gasteiger charge is 2.25. The van der Waals surface area contributed by atoms with Crippen molar-refractivity contribution in [2.24, 2.45) is 0 Å². The van der Waals surface area contributed by atoms with Crippen LogP contribution < -0.4 is 0 Å². The number of phenolic OH excluding ortho intramolecular Hbond substituents is 1. The van der Waals surface area contributed by atoms with Gasteiger partial charge in [-0.15, -0.1) is 0 Å². The van der Waals surface area contributed by atoms with Gasteiger partial charge in [0.2, 0.25) is 0 Å². The third-order valence-corrected chi connectivity index (χ3v) is 3.22. The van der Waals surface area contributed by atoms with Gasteiger partial charge in [0.05, 0.1) is 5.56 Å². The zero-order chi connectivity index (χ0) is 14.9. The molecule has 0 spiro atoms. The van der Waals surface area contributed by atoms with Crippen molar-refractivity contribution in [2.45, 2.75) is 26.2 Å². The number of aromatic hydroxyl groups is 1. The van der Waals surface area contributed by atoms with Gasteiger partial charge in [0, 0.05) is 0 Å². The summed E-state index contributed by atoms with van der Waals surface area (Å²) in [6, 6.07) is 12.1. The van der Waals surface area contributed by atoms with E-state index >= 15 is 0 Å². The number of carboxylic acids is 1. The van der Waals surface area contributed by atoms with Crippen LogP contribution in [0.4, 0.5) is 0 Å². The fourth-order valence-corrected chi connectivity index (χ4v) is 2.42. The van der Waals surface area contributed by atoms with Gasteiger partial charge in [-0.25, -0.2) is 4.79 Å². The Morgan fingerprint density at radius 2 is 1.60 bits per heavy atom. The number of carbonyl (C=O) groups is 1. The van der Waals surface area contributed by atoms with E-state index in [4.69, 9.17) is 0 Å². The molecule has 2 aromatic rings. The molecule has 0 heterocycles. The average molecular weight is 270 g/mol. The van der Waals surface area contributed by atoms with Gasteiger partial charge in [0.1, 0.15) is 5.75 Å². The molecule has 0 radical (unpaired) electrons. The molecule has 2 aromatic carbocycles. The predicted octanol–water partition coefficient (Wildman–Crippen LogP) is 4.05. The van der Waals surface area contributed by atoms with Crippen LogP contribution in [0.15, 0.2) is 42.5 Å². The van der Waals surface area contributed by atoms with Crippen LogP contribution in [-0.4, -0.2) is 16.2 Å². The first kappa shape index (κ1) is 14.1. The van der Waals surface area contributed by atoms with Crippen LogP contribution in [-0.2, 0) is 5.41 Å². The van der Waals surface area contributed by atoms with Gasteiger partial charge in [-0.2, -0.15) is 0 Å². The zero-order valence-electron chi connectivity index (χ0n) is 11.8. The average Bonchev–Trinajstić information content (AvgIpc) is 2.37. The van der Waals surface area contributed by atoms with E-state index in [1.54, 1.807) is 36.4 Å². The van der Waals surface area contributed by atoms with E-state index in [1.807, 2.05) is 26.8 Å². The summed E-state index contributed by atoms with van der Waals surface area (Å²) in [5.41, 5.74) is 2.62. The summed E-state index contributed by atoms with van der Waals surface area (Å²) < 4.78 is 0. The zero-order valence-corrected chi connectivity index (χ0v) is 11.8. The molecule has 3 nitrogen and oxygen atoms in total. The molecular formula is C17H18O3. The Bertz CT molecular complexity index is 634. The second kappa shape index (κ2) is 5.00. The molecule has 104 valence electrons. The highest BCUT2D eigenvalue weighted by Crippen LogP contribution is 2.36. The van der Waals surface area contributed by atoms with Crippen molar-refractivity contribution in [3.8, 4) is 16.9 Å². The van der Waals surface area contributed by atoms with E-state index < -0.39 is 5.97 Å². The molecule has 0 aliphatic rings. The molecule has 3 heteroatoms. The minimum atomic E-state index is -0.921. The van der Waals surface area contributed by atoms with Crippen molar-refractivity contribution in [2.75, 3.05) is 0 Å². The number of hydrogen-bond acceptors (Lipinski definition) is 2. The van der Waals surface area contributed by atoms with Crippen molar-refractivity contribution >= 4 is 5.97 Å². The molecule has 0 atom stereocenters. The number of aromatic carboxylic acids is 1. The summed E-state index contributed by atoms with van der Waals surface area (Å²) >= 11 is 0. The molecule has 0 unspecified atom stereocenters. The summed E-state index contributed by atoms with van der Waals surface area (Å²) in [6.45, 7) is 6.00. The Balaban J connectivity index is 2.73. The van der Waals surface area contributed by atoms with Crippen LogP contribution in [0.25, 0.3) is 11.1 Å².